The first-order valence-electron chi connectivity index (χ1n) is 7.94. The van der Waals surface area contributed by atoms with Crippen LogP contribution in [0.5, 0.6) is 0 Å². The summed E-state index contributed by atoms with van der Waals surface area (Å²) < 4.78 is 0. The summed E-state index contributed by atoms with van der Waals surface area (Å²) in [7, 11) is 0. The smallest absolute Gasteiger partial charge is 0.237 e. The number of hydrogen-bond donors (Lipinski definition) is 2. The van der Waals surface area contributed by atoms with Crippen LogP contribution in [-0.2, 0) is 4.79 Å². The van der Waals surface area contributed by atoms with Gasteiger partial charge in [0.1, 0.15) is 0 Å². The molecule has 0 spiro atoms. The van der Waals surface area contributed by atoms with E-state index >= 15 is 0 Å². The van der Waals surface area contributed by atoms with Crippen molar-refractivity contribution in [1.82, 2.24) is 15.5 Å². The lowest BCUT2D eigenvalue weighted by molar-refractivity contribution is -0.124. The van der Waals surface area contributed by atoms with E-state index in [9.17, 15) is 4.79 Å². The van der Waals surface area contributed by atoms with Crippen molar-refractivity contribution in [3.8, 4) is 0 Å². The Morgan fingerprint density at radius 2 is 2.11 bits per heavy atom. The van der Waals surface area contributed by atoms with E-state index in [1.165, 1.54) is 19.3 Å². The van der Waals surface area contributed by atoms with Gasteiger partial charge in [0, 0.05) is 13.1 Å². The maximum atomic E-state index is 12.1. The van der Waals surface area contributed by atoms with E-state index in [0.717, 1.165) is 39.1 Å². The molecule has 112 valence electrons. The first-order chi connectivity index (χ1) is 9.21. The molecule has 0 aromatic heterocycles. The first-order valence-corrected chi connectivity index (χ1v) is 7.94. The predicted octanol–water partition coefficient (Wildman–Crippen LogP) is 1.61. The second-order valence-corrected chi connectivity index (χ2v) is 5.53. The Kier molecular flexibility index (Phi) is 8.07. The minimum Gasteiger partial charge on any atom is -0.353 e. The number of piperidine rings is 1. The molecule has 2 atom stereocenters. The van der Waals surface area contributed by atoms with Crippen LogP contribution in [0.1, 0.15) is 46.5 Å². The Bertz CT molecular complexity index is 258. The van der Waals surface area contributed by atoms with Crippen LogP contribution >= 0.6 is 0 Å². The highest BCUT2D eigenvalue weighted by atomic mass is 16.2. The minimum atomic E-state index is 0.0277. The van der Waals surface area contributed by atoms with Crippen LogP contribution in [0.2, 0.25) is 0 Å². The molecule has 0 aromatic rings. The van der Waals surface area contributed by atoms with Crippen molar-refractivity contribution >= 4 is 5.91 Å². The van der Waals surface area contributed by atoms with Gasteiger partial charge in [0.2, 0.25) is 5.91 Å². The molecular formula is C15H31N3O. The number of likely N-dealkylation sites (N-methyl/N-ethyl adjacent to an activating group) is 1. The standard InChI is InChI=1S/C15H31N3O/c1-4-10-18(6-3)11-9-17-15(19)14-12-13(5-2)7-8-16-14/h13-14,16H,4-12H2,1-3H3,(H,17,19). The third-order valence-electron chi connectivity index (χ3n) is 4.12. The molecule has 1 heterocycles. The molecule has 2 unspecified atom stereocenters. The van der Waals surface area contributed by atoms with Crippen LogP contribution in [0.4, 0.5) is 0 Å². The summed E-state index contributed by atoms with van der Waals surface area (Å²) in [6.07, 6.45) is 4.56. The van der Waals surface area contributed by atoms with E-state index in [2.05, 4.69) is 36.3 Å². The molecule has 0 bridgehead atoms. The molecule has 1 aliphatic rings. The molecule has 0 saturated carbocycles. The number of nitrogens with zero attached hydrogens (tertiary/aromatic N) is 1. The maximum absolute atomic E-state index is 12.1. The summed E-state index contributed by atoms with van der Waals surface area (Å²) in [5.74, 6) is 0.898. The van der Waals surface area contributed by atoms with Crippen molar-refractivity contribution in [3.05, 3.63) is 0 Å². The fourth-order valence-electron chi connectivity index (χ4n) is 2.77. The fourth-order valence-corrected chi connectivity index (χ4v) is 2.77. The lowest BCUT2D eigenvalue weighted by Crippen LogP contribution is -2.49. The first kappa shape index (κ1) is 16.4. The lowest BCUT2D eigenvalue weighted by Gasteiger charge is -2.29. The highest BCUT2D eigenvalue weighted by Crippen LogP contribution is 2.19. The summed E-state index contributed by atoms with van der Waals surface area (Å²) in [6.45, 7) is 11.5. The Hall–Kier alpha value is -0.610. The second kappa shape index (κ2) is 9.32. The van der Waals surface area contributed by atoms with Crippen molar-refractivity contribution in [3.63, 3.8) is 0 Å². The molecule has 0 aliphatic carbocycles. The van der Waals surface area contributed by atoms with Gasteiger partial charge in [-0.2, -0.15) is 0 Å². The van der Waals surface area contributed by atoms with Crippen LogP contribution in [0.15, 0.2) is 0 Å². The van der Waals surface area contributed by atoms with Gasteiger partial charge in [-0.15, -0.1) is 0 Å². The van der Waals surface area contributed by atoms with E-state index in [-0.39, 0.29) is 11.9 Å². The molecular weight excluding hydrogens is 238 g/mol. The SMILES string of the molecule is CCCN(CC)CCNC(=O)C1CC(CC)CCN1. The molecule has 19 heavy (non-hydrogen) atoms. The highest BCUT2D eigenvalue weighted by molar-refractivity contribution is 5.81. The van der Waals surface area contributed by atoms with E-state index in [1.54, 1.807) is 0 Å². The van der Waals surface area contributed by atoms with Crippen LogP contribution in [0, 0.1) is 5.92 Å². The number of hydrogen-bond acceptors (Lipinski definition) is 3. The van der Waals surface area contributed by atoms with Gasteiger partial charge < -0.3 is 15.5 Å². The van der Waals surface area contributed by atoms with Crippen LogP contribution < -0.4 is 10.6 Å². The zero-order chi connectivity index (χ0) is 14.1. The molecule has 1 rings (SSSR count). The molecule has 1 aliphatic heterocycles. The topological polar surface area (TPSA) is 44.4 Å². The van der Waals surface area contributed by atoms with Crippen LogP contribution in [0.25, 0.3) is 0 Å². The Morgan fingerprint density at radius 1 is 1.32 bits per heavy atom. The van der Waals surface area contributed by atoms with Gasteiger partial charge in [-0.25, -0.2) is 0 Å². The quantitative estimate of drug-likeness (QED) is 0.704. The van der Waals surface area contributed by atoms with Crippen molar-refractivity contribution in [1.29, 1.82) is 0 Å². The molecule has 0 radical (unpaired) electrons. The highest BCUT2D eigenvalue weighted by Gasteiger charge is 2.25. The number of amides is 1. The van der Waals surface area contributed by atoms with Crippen LogP contribution in [0.3, 0.4) is 0 Å². The Morgan fingerprint density at radius 3 is 2.74 bits per heavy atom. The summed E-state index contributed by atoms with van der Waals surface area (Å²) in [5.41, 5.74) is 0. The number of carbonyl (C=O) groups is 1. The van der Waals surface area contributed by atoms with Gasteiger partial charge in [0.15, 0.2) is 0 Å². The average molecular weight is 269 g/mol. The molecule has 0 aromatic carbocycles. The molecule has 1 amide bonds. The van der Waals surface area contributed by atoms with Crippen molar-refractivity contribution < 1.29 is 4.79 Å². The third-order valence-corrected chi connectivity index (χ3v) is 4.12. The number of carbonyl (C=O) groups excluding carboxylic acids is 1. The van der Waals surface area contributed by atoms with Gasteiger partial charge in [0.05, 0.1) is 6.04 Å². The maximum Gasteiger partial charge on any atom is 0.237 e. The molecule has 2 N–H and O–H groups in total. The summed E-state index contributed by atoms with van der Waals surface area (Å²) in [6, 6.07) is 0.0277. The zero-order valence-electron chi connectivity index (χ0n) is 12.9. The van der Waals surface area contributed by atoms with E-state index < -0.39 is 0 Å². The van der Waals surface area contributed by atoms with Crippen molar-refractivity contribution in [2.75, 3.05) is 32.7 Å². The van der Waals surface area contributed by atoms with E-state index in [0.29, 0.717) is 5.92 Å². The summed E-state index contributed by atoms with van der Waals surface area (Å²) >= 11 is 0. The van der Waals surface area contributed by atoms with Gasteiger partial charge >= 0.3 is 0 Å². The normalized spacial score (nSPS) is 23.6. The molecule has 4 nitrogen and oxygen atoms in total. The van der Waals surface area contributed by atoms with Gasteiger partial charge in [-0.3, -0.25) is 4.79 Å². The number of rotatable bonds is 8. The number of nitrogens with one attached hydrogen (secondary N) is 2. The third kappa shape index (κ3) is 5.91. The minimum absolute atomic E-state index is 0.0277. The second-order valence-electron chi connectivity index (χ2n) is 5.53. The largest absolute Gasteiger partial charge is 0.353 e. The van der Waals surface area contributed by atoms with E-state index in [1.807, 2.05) is 0 Å². The zero-order valence-corrected chi connectivity index (χ0v) is 12.9. The lowest BCUT2D eigenvalue weighted by atomic mass is 9.90. The van der Waals surface area contributed by atoms with E-state index in [4.69, 9.17) is 0 Å². The molecule has 1 saturated heterocycles. The monoisotopic (exact) mass is 269 g/mol. The molecule has 1 fully saturated rings. The van der Waals surface area contributed by atoms with Crippen molar-refractivity contribution in [2.45, 2.75) is 52.5 Å². The predicted molar refractivity (Wildman–Crippen MR) is 80.2 cm³/mol. The van der Waals surface area contributed by atoms with Crippen LogP contribution in [-0.4, -0.2) is 49.6 Å². The fraction of sp³-hybridized carbons (Fsp3) is 0.933. The summed E-state index contributed by atoms with van der Waals surface area (Å²) in [5, 5.41) is 6.41. The molecule has 4 heteroatoms. The average Bonchev–Trinajstić information content (AvgIpc) is 2.46. The van der Waals surface area contributed by atoms with Gasteiger partial charge in [-0.1, -0.05) is 27.2 Å². The van der Waals surface area contributed by atoms with Crippen molar-refractivity contribution in [2.24, 2.45) is 5.92 Å². The van der Waals surface area contributed by atoms with Gasteiger partial charge in [-0.05, 0) is 44.8 Å². The Balaban J connectivity index is 2.23. The Labute approximate surface area is 118 Å². The summed E-state index contributed by atoms with van der Waals surface area (Å²) in [4.78, 5) is 14.5. The van der Waals surface area contributed by atoms with Gasteiger partial charge in [0.25, 0.3) is 0 Å².